The summed E-state index contributed by atoms with van der Waals surface area (Å²) in [4.78, 5) is 14.4. The van der Waals surface area contributed by atoms with Gasteiger partial charge < -0.3 is 0 Å². The SMILES string of the molecule is CC(=O)N1N=C2c3cc(Cl)ccc3SC[C@@H]2[C@@H]1Sc1ccc(Cl)cc1. The molecule has 7 heteroatoms. The lowest BCUT2D eigenvalue weighted by Gasteiger charge is -2.28. The van der Waals surface area contributed by atoms with E-state index in [9.17, 15) is 4.79 Å². The third kappa shape index (κ3) is 3.31. The lowest BCUT2D eigenvalue weighted by Crippen LogP contribution is -2.35. The van der Waals surface area contributed by atoms with E-state index in [1.54, 1.807) is 35.5 Å². The molecule has 2 atom stereocenters. The van der Waals surface area contributed by atoms with Gasteiger partial charge in [0.05, 0.1) is 5.71 Å². The molecule has 0 bridgehead atoms. The lowest BCUT2D eigenvalue weighted by atomic mass is 9.98. The van der Waals surface area contributed by atoms with Crippen molar-refractivity contribution in [3.8, 4) is 0 Å². The van der Waals surface area contributed by atoms with Crippen molar-refractivity contribution in [3.05, 3.63) is 58.1 Å². The second-order valence-corrected chi connectivity index (χ2v) is 8.99. The molecule has 0 unspecified atom stereocenters. The van der Waals surface area contributed by atoms with Gasteiger partial charge in [0, 0.05) is 44.0 Å². The van der Waals surface area contributed by atoms with Crippen molar-refractivity contribution in [2.24, 2.45) is 11.0 Å². The molecule has 0 saturated carbocycles. The van der Waals surface area contributed by atoms with Crippen LogP contribution in [0.3, 0.4) is 0 Å². The number of thioether (sulfide) groups is 2. The van der Waals surface area contributed by atoms with Crippen molar-refractivity contribution >= 4 is 58.3 Å². The fourth-order valence-electron chi connectivity index (χ4n) is 3.01. The van der Waals surface area contributed by atoms with Crippen LogP contribution in [0.1, 0.15) is 12.5 Å². The normalized spacial score (nSPS) is 21.6. The Balaban J connectivity index is 1.70. The average Bonchev–Trinajstić information content (AvgIpc) is 2.96. The van der Waals surface area contributed by atoms with Gasteiger partial charge in [0.15, 0.2) is 0 Å². The van der Waals surface area contributed by atoms with Gasteiger partial charge in [0.25, 0.3) is 0 Å². The first-order valence-electron chi connectivity index (χ1n) is 7.76. The first-order valence-corrected chi connectivity index (χ1v) is 10.4. The Labute approximate surface area is 164 Å². The highest BCUT2D eigenvalue weighted by molar-refractivity contribution is 8.00. The molecule has 0 saturated heterocycles. The molecule has 128 valence electrons. The third-order valence-electron chi connectivity index (χ3n) is 4.18. The van der Waals surface area contributed by atoms with Gasteiger partial charge in [-0.3, -0.25) is 4.79 Å². The topological polar surface area (TPSA) is 32.7 Å². The largest absolute Gasteiger partial charge is 0.273 e. The molecular weight excluding hydrogens is 395 g/mol. The van der Waals surface area contributed by atoms with Crippen molar-refractivity contribution in [3.63, 3.8) is 0 Å². The maximum absolute atomic E-state index is 12.2. The highest BCUT2D eigenvalue weighted by atomic mass is 35.5. The first-order chi connectivity index (χ1) is 12.0. The quantitative estimate of drug-likeness (QED) is 0.666. The second kappa shape index (κ2) is 6.88. The zero-order valence-electron chi connectivity index (χ0n) is 13.3. The minimum absolute atomic E-state index is 0.0538. The lowest BCUT2D eigenvalue weighted by molar-refractivity contribution is -0.129. The van der Waals surface area contributed by atoms with Gasteiger partial charge >= 0.3 is 0 Å². The van der Waals surface area contributed by atoms with Gasteiger partial charge in [-0.1, -0.05) is 35.0 Å². The Morgan fingerprint density at radius 1 is 1.20 bits per heavy atom. The summed E-state index contributed by atoms with van der Waals surface area (Å²) >= 11 is 15.6. The summed E-state index contributed by atoms with van der Waals surface area (Å²) in [6, 6.07) is 13.5. The van der Waals surface area contributed by atoms with E-state index in [4.69, 9.17) is 23.2 Å². The molecule has 3 nitrogen and oxygen atoms in total. The summed E-state index contributed by atoms with van der Waals surface area (Å²) in [5.41, 5.74) is 2.00. The smallest absolute Gasteiger partial charge is 0.240 e. The van der Waals surface area contributed by atoms with Gasteiger partial charge in [0.1, 0.15) is 5.37 Å². The fourth-order valence-corrected chi connectivity index (χ4v) is 5.87. The van der Waals surface area contributed by atoms with Crippen LogP contribution in [0.25, 0.3) is 0 Å². The zero-order chi connectivity index (χ0) is 17.6. The van der Waals surface area contributed by atoms with E-state index >= 15 is 0 Å². The van der Waals surface area contributed by atoms with Crippen LogP contribution in [0.5, 0.6) is 0 Å². The summed E-state index contributed by atoms with van der Waals surface area (Å²) in [5.74, 6) is 1.00. The molecule has 2 aromatic carbocycles. The van der Waals surface area contributed by atoms with Crippen LogP contribution in [-0.2, 0) is 4.79 Å². The molecule has 4 rings (SSSR count). The van der Waals surface area contributed by atoms with Crippen molar-refractivity contribution in [1.82, 2.24) is 5.01 Å². The van der Waals surface area contributed by atoms with Crippen molar-refractivity contribution < 1.29 is 4.79 Å². The standard InChI is InChI=1S/C18H14Cl2N2OS2/c1-10(23)22-18(25-13-5-2-11(19)3-6-13)15-9-24-16-7-4-12(20)8-14(16)17(15)21-22/h2-8,15,18H,9H2,1H3/t15-,18-/m0/s1. The summed E-state index contributed by atoms with van der Waals surface area (Å²) in [5, 5.41) is 7.60. The van der Waals surface area contributed by atoms with Crippen LogP contribution in [0.4, 0.5) is 0 Å². The Hall–Kier alpha value is -1.14. The number of hydrogen-bond donors (Lipinski definition) is 0. The van der Waals surface area contributed by atoms with Crippen LogP contribution >= 0.6 is 46.7 Å². The molecule has 2 aromatic rings. The molecule has 0 fully saturated rings. The van der Waals surface area contributed by atoms with E-state index in [2.05, 4.69) is 5.10 Å². The summed E-state index contributed by atoms with van der Waals surface area (Å²) in [7, 11) is 0. The number of hydrogen-bond acceptors (Lipinski definition) is 4. The van der Waals surface area contributed by atoms with Gasteiger partial charge in [-0.25, -0.2) is 5.01 Å². The van der Waals surface area contributed by atoms with Crippen molar-refractivity contribution in [2.75, 3.05) is 5.75 Å². The van der Waals surface area contributed by atoms with Gasteiger partial charge in [-0.15, -0.1) is 11.8 Å². The fraction of sp³-hybridized carbons (Fsp3) is 0.222. The van der Waals surface area contributed by atoms with E-state index in [-0.39, 0.29) is 17.2 Å². The molecule has 0 radical (unpaired) electrons. The number of hydrazone groups is 1. The number of benzene rings is 2. The van der Waals surface area contributed by atoms with Crippen LogP contribution in [0.2, 0.25) is 10.0 Å². The second-order valence-electron chi connectivity index (χ2n) is 5.87. The van der Waals surface area contributed by atoms with E-state index in [0.717, 1.165) is 21.9 Å². The van der Waals surface area contributed by atoms with Gasteiger partial charge in [0.2, 0.25) is 5.91 Å². The molecule has 0 N–H and O–H groups in total. The molecule has 2 heterocycles. The molecule has 2 aliphatic heterocycles. The summed E-state index contributed by atoms with van der Waals surface area (Å²) < 4.78 is 0. The highest BCUT2D eigenvalue weighted by Crippen LogP contribution is 2.45. The zero-order valence-corrected chi connectivity index (χ0v) is 16.4. The number of carbonyl (C=O) groups is 1. The van der Waals surface area contributed by atoms with Crippen LogP contribution in [0, 0.1) is 5.92 Å². The number of halogens is 2. The van der Waals surface area contributed by atoms with Gasteiger partial charge in [-0.2, -0.15) is 5.10 Å². The van der Waals surface area contributed by atoms with Crippen LogP contribution in [-0.4, -0.2) is 27.8 Å². The Morgan fingerprint density at radius 3 is 2.64 bits per heavy atom. The molecule has 0 aliphatic carbocycles. The predicted molar refractivity (Wildman–Crippen MR) is 106 cm³/mol. The number of nitrogens with zero attached hydrogens (tertiary/aromatic N) is 2. The Kier molecular flexibility index (Phi) is 4.75. The minimum atomic E-state index is -0.0618. The maximum atomic E-state index is 12.2. The number of amides is 1. The third-order valence-corrected chi connectivity index (χ3v) is 7.17. The van der Waals surface area contributed by atoms with E-state index in [1.165, 1.54) is 4.90 Å². The maximum Gasteiger partial charge on any atom is 0.240 e. The summed E-state index contributed by atoms with van der Waals surface area (Å²) in [6.07, 6.45) is 0. The number of carbonyl (C=O) groups excluding carboxylic acids is 1. The van der Waals surface area contributed by atoms with E-state index < -0.39 is 0 Å². The molecule has 25 heavy (non-hydrogen) atoms. The Bertz CT molecular complexity index is 870. The van der Waals surface area contributed by atoms with Gasteiger partial charge in [-0.05, 0) is 42.5 Å². The predicted octanol–water partition coefficient (Wildman–Crippen LogP) is 5.40. The van der Waals surface area contributed by atoms with E-state index in [1.807, 2.05) is 42.5 Å². The first kappa shape index (κ1) is 17.3. The number of fused-ring (bicyclic) bond motifs is 3. The van der Waals surface area contributed by atoms with Crippen LogP contribution in [0.15, 0.2) is 57.4 Å². The minimum Gasteiger partial charge on any atom is -0.273 e. The molecular formula is C18H14Cl2N2OS2. The molecule has 0 spiro atoms. The highest BCUT2D eigenvalue weighted by Gasteiger charge is 2.43. The summed E-state index contributed by atoms with van der Waals surface area (Å²) in [6.45, 7) is 1.56. The molecule has 0 aromatic heterocycles. The number of rotatable bonds is 2. The van der Waals surface area contributed by atoms with E-state index in [0.29, 0.717) is 10.0 Å². The Morgan fingerprint density at radius 2 is 1.92 bits per heavy atom. The average molecular weight is 409 g/mol. The molecule has 1 amide bonds. The van der Waals surface area contributed by atoms with Crippen molar-refractivity contribution in [1.29, 1.82) is 0 Å². The molecule has 2 aliphatic rings. The van der Waals surface area contributed by atoms with Crippen LogP contribution < -0.4 is 0 Å². The monoisotopic (exact) mass is 408 g/mol. The van der Waals surface area contributed by atoms with Crippen molar-refractivity contribution in [2.45, 2.75) is 22.1 Å².